The Hall–Kier alpha value is -1.59. The number of rotatable bonds is 4. The molecule has 0 saturated carbocycles. The lowest BCUT2D eigenvalue weighted by molar-refractivity contribution is 0.167. The maximum Gasteiger partial charge on any atom is 0.165 e. The third-order valence-corrected chi connectivity index (χ3v) is 3.73. The van der Waals surface area contributed by atoms with Crippen molar-refractivity contribution in [3.8, 4) is 11.5 Å². The first-order valence-electron chi connectivity index (χ1n) is 6.28. The van der Waals surface area contributed by atoms with Crippen LogP contribution in [-0.2, 0) is 13.1 Å². The number of ether oxygens (including phenoxy) is 2. The van der Waals surface area contributed by atoms with Gasteiger partial charge in [0.1, 0.15) is 13.2 Å². The van der Waals surface area contributed by atoms with Gasteiger partial charge in [0, 0.05) is 29.7 Å². The van der Waals surface area contributed by atoms with Crippen LogP contribution in [0.25, 0.3) is 0 Å². The molecule has 4 nitrogen and oxygen atoms in total. The number of fused-ring (bicyclic) bond motifs is 1. The molecule has 0 saturated heterocycles. The highest BCUT2D eigenvalue weighted by atomic mass is 32.1. The Labute approximate surface area is 116 Å². The van der Waals surface area contributed by atoms with E-state index in [4.69, 9.17) is 9.47 Å². The quantitative estimate of drug-likeness (QED) is 0.859. The standard InChI is InChI=1S/C14H16N2O2S/c1-16(10-12-5-6-15-19-12)9-11-3-2-4-13-14(11)18-8-7-17-13/h2-6H,7-10H2,1H3. The van der Waals surface area contributed by atoms with Crippen LogP contribution in [0.1, 0.15) is 10.4 Å². The Bertz CT molecular complexity index is 542. The molecule has 0 N–H and O–H groups in total. The fourth-order valence-corrected chi connectivity index (χ4v) is 2.85. The van der Waals surface area contributed by atoms with Gasteiger partial charge in [-0.2, -0.15) is 0 Å². The summed E-state index contributed by atoms with van der Waals surface area (Å²) in [6.07, 6.45) is 1.84. The van der Waals surface area contributed by atoms with E-state index >= 15 is 0 Å². The summed E-state index contributed by atoms with van der Waals surface area (Å²) in [7, 11) is 2.10. The molecule has 0 aliphatic carbocycles. The van der Waals surface area contributed by atoms with Crippen LogP contribution in [-0.4, -0.2) is 29.5 Å². The van der Waals surface area contributed by atoms with Gasteiger partial charge in [-0.3, -0.25) is 4.90 Å². The van der Waals surface area contributed by atoms with Crippen LogP contribution in [0.15, 0.2) is 30.5 Å². The van der Waals surface area contributed by atoms with E-state index < -0.39 is 0 Å². The fourth-order valence-electron chi connectivity index (χ4n) is 2.20. The van der Waals surface area contributed by atoms with Crippen molar-refractivity contribution in [2.75, 3.05) is 20.3 Å². The number of nitrogens with zero attached hydrogens (tertiary/aromatic N) is 2. The minimum atomic E-state index is 0.628. The zero-order chi connectivity index (χ0) is 13.1. The van der Waals surface area contributed by atoms with Gasteiger partial charge in [-0.05, 0) is 30.7 Å². The van der Waals surface area contributed by atoms with Gasteiger partial charge in [0.05, 0.1) is 0 Å². The molecule has 2 aromatic rings. The van der Waals surface area contributed by atoms with Crippen LogP contribution in [0.4, 0.5) is 0 Å². The highest BCUT2D eigenvalue weighted by molar-refractivity contribution is 7.05. The highest BCUT2D eigenvalue weighted by Gasteiger charge is 2.16. The van der Waals surface area contributed by atoms with E-state index in [1.165, 1.54) is 10.4 Å². The predicted molar refractivity (Wildman–Crippen MR) is 74.7 cm³/mol. The van der Waals surface area contributed by atoms with E-state index in [-0.39, 0.29) is 0 Å². The zero-order valence-electron chi connectivity index (χ0n) is 10.8. The monoisotopic (exact) mass is 276 g/mol. The first kappa shape index (κ1) is 12.4. The van der Waals surface area contributed by atoms with Crippen molar-refractivity contribution in [1.82, 2.24) is 9.27 Å². The van der Waals surface area contributed by atoms with Gasteiger partial charge in [0.15, 0.2) is 11.5 Å². The maximum absolute atomic E-state index is 5.73. The molecular formula is C14H16N2O2S. The largest absolute Gasteiger partial charge is 0.486 e. The molecule has 0 fully saturated rings. The summed E-state index contributed by atoms with van der Waals surface area (Å²) in [5, 5.41) is 0. The molecule has 0 atom stereocenters. The zero-order valence-corrected chi connectivity index (χ0v) is 11.7. The normalized spacial score (nSPS) is 13.8. The fraction of sp³-hybridized carbons (Fsp3) is 0.357. The molecule has 0 spiro atoms. The molecule has 3 rings (SSSR count). The predicted octanol–water partition coefficient (Wildman–Crippen LogP) is 2.55. The van der Waals surface area contributed by atoms with Crippen LogP contribution in [0, 0.1) is 0 Å². The summed E-state index contributed by atoms with van der Waals surface area (Å²) in [4.78, 5) is 3.52. The number of aromatic nitrogens is 1. The van der Waals surface area contributed by atoms with Gasteiger partial charge in [0.25, 0.3) is 0 Å². The molecule has 0 radical (unpaired) electrons. The van der Waals surface area contributed by atoms with Gasteiger partial charge in [-0.15, -0.1) is 0 Å². The molecule has 1 aliphatic rings. The molecule has 5 heteroatoms. The number of hydrogen-bond acceptors (Lipinski definition) is 5. The SMILES string of the molecule is CN(Cc1ccns1)Cc1cccc2c1OCCO2. The molecule has 1 aliphatic heterocycles. The van der Waals surface area contributed by atoms with E-state index in [0.29, 0.717) is 13.2 Å². The molecule has 0 bridgehead atoms. The Balaban J connectivity index is 1.72. The third-order valence-electron chi connectivity index (χ3n) is 3.01. The topological polar surface area (TPSA) is 34.6 Å². The van der Waals surface area contributed by atoms with Gasteiger partial charge in [-0.1, -0.05) is 12.1 Å². The first-order valence-corrected chi connectivity index (χ1v) is 7.06. The molecule has 2 heterocycles. The van der Waals surface area contributed by atoms with Crippen LogP contribution in [0.3, 0.4) is 0 Å². The molecular weight excluding hydrogens is 260 g/mol. The van der Waals surface area contributed by atoms with Crippen molar-refractivity contribution in [2.45, 2.75) is 13.1 Å². The molecule has 19 heavy (non-hydrogen) atoms. The lowest BCUT2D eigenvalue weighted by Crippen LogP contribution is -2.20. The average Bonchev–Trinajstić information content (AvgIpc) is 2.92. The van der Waals surface area contributed by atoms with E-state index in [9.17, 15) is 0 Å². The number of benzene rings is 1. The van der Waals surface area contributed by atoms with Gasteiger partial charge >= 0.3 is 0 Å². The molecule has 0 amide bonds. The Morgan fingerprint density at radius 2 is 2.11 bits per heavy atom. The second-order valence-electron chi connectivity index (χ2n) is 4.59. The number of para-hydroxylation sites is 1. The summed E-state index contributed by atoms with van der Waals surface area (Å²) >= 11 is 1.54. The summed E-state index contributed by atoms with van der Waals surface area (Å²) in [5.41, 5.74) is 1.17. The lowest BCUT2D eigenvalue weighted by Gasteiger charge is -2.23. The van der Waals surface area contributed by atoms with E-state index in [0.717, 1.165) is 24.6 Å². The van der Waals surface area contributed by atoms with Gasteiger partial charge in [0.2, 0.25) is 0 Å². The van der Waals surface area contributed by atoms with Crippen molar-refractivity contribution in [3.05, 3.63) is 40.9 Å². The molecule has 1 aromatic carbocycles. The molecule has 0 unspecified atom stereocenters. The van der Waals surface area contributed by atoms with Gasteiger partial charge < -0.3 is 9.47 Å². The summed E-state index contributed by atoms with van der Waals surface area (Å²) < 4.78 is 15.5. The number of hydrogen-bond donors (Lipinski definition) is 0. The van der Waals surface area contributed by atoms with Crippen LogP contribution < -0.4 is 9.47 Å². The van der Waals surface area contributed by atoms with Crippen LogP contribution >= 0.6 is 11.5 Å². The Morgan fingerprint density at radius 1 is 1.21 bits per heavy atom. The van der Waals surface area contributed by atoms with E-state index in [2.05, 4.69) is 28.5 Å². The summed E-state index contributed by atoms with van der Waals surface area (Å²) in [6, 6.07) is 8.13. The lowest BCUT2D eigenvalue weighted by atomic mass is 10.1. The smallest absolute Gasteiger partial charge is 0.165 e. The van der Waals surface area contributed by atoms with Crippen molar-refractivity contribution in [3.63, 3.8) is 0 Å². The Morgan fingerprint density at radius 3 is 2.95 bits per heavy atom. The average molecular weight is 276 g/mol. The van der Waals surface area contributed by atoms with E-state index in [1.807, 2.05) is 18.3 Å². The minimum Gasteiger partial charge on any atom is -0.486 e. The summed E-state index contributed by atoms with van der Waals surface area (Å²) in [6.45, 7) is 3.00. The van der Waals surface area contributed by atoms with Crippen LogP contribution in [0.5, 0.6) is 11.5 Å². The first-order chi connectivity index (χ1) is 9.33. The molecule has 100 valence electrons. The summed E-state index contributed by atoms with van der Waals surface area (Å²) in [5.74, 6) is 1.75. The minimum absolute atomic E-state index is 0.628. The maximum atomic E-state index is 5.73. The van der Waals surface area contributed by atoms with Crippen molar-refractivity contribution >= 4 is 11.5 Å². The van der Waals surface area contributed by atoms with Crippen LogP contribution in [0.2, 0.25) is 0 Å². The highest BCUT2D eigenvalue weighted by Crippen LogP contribution is 2.34. The second-order valence-corrected chi connectivity index (χ2v) is 5.51. The van der Waals surface area contributed by atoms with Crippen molar-refractivity contribution in [2.24, 2.45) is 0 Å². The molecule has 1 aromatic heterocycles. The second kappa shape index (κ2) is 5.59. The Kier molecular flexibility index (Phi) is 3.66. The van der Waals surface area contributed by atoms with E-state index in [1.54, 1.807) is 11.5 Å². The third kappa shape index (κ3) is 2.88. The van der Waals surface area contributed by atoms with Crippen molar-refractivity contribution < 1.29 is 9.47 Å². The van der Waals surface area contributed by atoms with Crippen molar-refractivity contribution in [1.29, 1.82) is 0 Å². The van der Waals surface area contributed by atoms with Gasteiger partial charge in [-0.25, -0.2) is 4.37 Å².